The molecule has 1 saturated heterocycles. The Balaban J connectivity index is 2.01. The van der Waals surface area contributed by atoms with Crippen LogP contribution < -0.4 is 10.5 Å². The van der Waals surface area contributed by atoms with E-state index in [1.165, 1.54) is 0 Å². The Morgan fingerprint density at radius 1 is 1.37 bits per heavy atom. The predicted octanol–water partition coefficient (Wildman–Crippen LogP) is 1.16. The molecule has 2 unspecified atom stereocenters. The minimum absolute atomic E-state index is 0.143. The van der Waals surface area contributed by atoms with Crippen LogP contribution in [-0.4, -0.2) is 27.7 Å². The van der Waals surface area contributed by atoms with E-state index in [4.69, 9.17) is 9.88 Å². The molecule has 1 aromatic rings. The lowest BCUT2D eigenvalue weighted by atomic mass is 10.1. The number of hydrogen-bond acceptors (Lipinski definition) is 4. The van der Waals surface area contributed by atoms with Gasteiger partial charge in [0.05, 0.1) is 11.5 Å². The molecule has 1 aliphatic rings. The number of nitrogens with one attached hydrogen (secondary N) is 1. The minimum atomic E-state index is -3.61. The summed E-state index contributed by atoms with van der Waals surface area (Å²) in [4.78, 5) is 0.143. The van der Waals surface area contributed by atoms with Gasteiger partial charge in [-0.1, -0.05) is 12.1 Å². The number of sulfonamides is 1. The molecule has 0 saturated carbocycles. The molecule has 6 heteroatoms. The number of hydrogen-bond donors (Lipinski definition) is 2. The molecule has 1 aromatic carbocycles. The lowest BCUT2D eigenvalue weighted by molar-refractivity contribution is 0.0671. The average Bonchev–Trinajstić information content (AvgIpc) is 2.39. The Bertz CT molecular complexity index is 507. The van der Waals surface area contributed by atoms with Crippen LogP contribution in [0.25, 0.3) is 0 Å². The van der Waals surface area contributed by atoms with Crippen LogP contribution >= 0.6 is 0 Å². The van der Waals surface area contributed by atoms with E-state index in [9.17, 15) is 8.42 Å². The van der Waals surface area contributed by atoms with Crippen molar-refractivity contribution in [2.45, 2.75) is 36.7 Å². The fourth-order valence-corrected chi connectivity index (χ4v) is 2.78. The van der Waals surface area contributed by atoms with Gasteiger partial charge in [-0.2, -0.15) is 0 Å². The molecule has 1 heterocycles. The van der Waals surface area contributed by atoms with Crippen LogP contribution in [-0.2, 0) is 14.8 Å². The van der Waals surface area contributed by atoms with Gasteiger partial charge in [0.25, 0.3) is 0 Å². The third kappa shape index (κ3) is 4.01. The van der Waals surface area contributed by atoms with E-state index in [1.54, 1.807) is 24.3 Å². The summed E-state index contributed by atoms with van der Waals surface area (Å²) in [7, 11) is -3.61. The summed E-state index contributed by atoms with van der Waals surface area (Å²) in [6.45, 7) is 3.63. The van der Waals surface area contributed by atoms with Crippen molar-refractivity contribution in [3.63, 3.8) is 0 Å². The van der Waals surface area contributed by atoms with Crippen LogP contribution in [0.5, 0.6) is 0 Å². The zero-order valence-electron chi connectivity index (χ0n) is 11.0. The molecule has 1 fully saturated rings. The third-order valence-electron chi connectivity index (χ3n) is 3.35. The SMILES string of the molecule is CC(NC1CCCOC1)c1ccc(S(N)(=O)=O)cc1. The van der Waals surface area contributed by atoms with E-state index < -0.39 is 10.0 Å². The highest BCUT2D eigenvalue weighted by Gasteiger charge is 2.17. The van der Waals surface area contributed by atoms with Gasteiger partial charge >= 0.3 is 0 Å². The van der Waals surface area contributed by atoms with Crippen molar-refractivity contribution in [2.24, 2.45) is 5.14 Å². The Morgan fingerprint density at radius 2 is 2.05 bits per heavy atom. The number of ether oxygens (including phenoxy) is 1. The van der Waals surface area contributed by atoms with Crippen molar-refractivity contribution in [1.29, 1.82) is 0 Å². The van der Waals surface area contributed by atoms with E-state index in [2.05, 4.69) is 12.2 Å². The Kier molecular flexibility index (Phi) is 4.57. The van der Waals surface area contributed by atoms with E-state index in [0.717, 1.165) is 31.6 Å². The lowest BCUT2D eigenvalue weighted by Gasteiger charge is -2.27. The van der Waals surface area contributed by atoms with Crippen LogP contribution in [0, 0.1) is 0 Å². The number of primary sulfonamides is 1. The van der Waals surface area contributed by atoms with E-state index >= 15 is 0 Å². The molecule has 1 aliphatic heterocycles. The Morgan fingerprint density at radius 3 is 2.58 bits per heavy atom. The van der Waals surface area contributed by atoms with Crippen molar-refractivity contribution in [1.82, 2.24) is 5.32 Å². The molecule has 2 atom stereocenters. The number of nitrogens with two attached hydrogens (primary N) is 1. The van der Waals surface area contributed by atoms with Crippen molar-refractivity contribution in [2.75, 3.05) is 13.2 Å². The van der Waals surface area contributed by atoms with Gasteiger partial charge in [-0.25, -0.2) is 13.6 Å². The highest BCUT2D eigenvalue weighted by atomic mass is 32.2. The van der Waals surface area contributed by atoms with Gasteiger partial charge in [-0.15, -0.1) is 0 Å². The second-order valence-electron chi connectivity index (χ2n) is 4.92. The first-order valence-electron chi connectivity index (χ1n) is 6.43. The van der Waals surface area contributed by atoms with E-state index in [1.807, 2.05) is 0 Å². The largest absolute Gasteiger partial charge is 0.380 e. The van der Waals surface area contributed by atoms with Gasteiger partial charge in [-0.3, -0.25) is 0 Å². The molecule has 0 aromatic heterocycles. The molecule has 0 spiro atoms. The summed E-state index contributed by atoms with van der Waals surface area (Å²) in [5.74, 6) is 0. The Hall–Kier alpha value is -0.950. The normalized spacial score (nSPS) is 22.1. The molecule has 19 heavy (non-hydrogen) atoms. The molecular formula is C13H20N2O3S. The third-order valence-corrected chi connectivity index (χ3v) is 4.28. The average molecular weight is 284 g/mol. The zero-order chi connectivity index (χ0) is 13.9. The summed E-state index contributed by atoms with van der Waals surface area (Å²) >= 11 is 0. The van der Waals surface area contributed by atoms with Gasteiger partial charge in [-0.05, 0) is 37.5 Å². The highest BCUT2D eigenvalue weighted by Crippen LogP contribution is 2.17. The van der Waals surface area contributed by atoms with Gasteiger partial charge in [0.2, 0.25) is 10.0 Å². The van der Waals surface area contributed by atoms with E-state index in [-0.39, 0.29) is 10.9 Å². The van der Waals surface area contributed by atoms with Gasteiger partial charge < -0.3 is 10.1 Å². The maximum atomic E-state index is 11.2. The molecule has 0 radical (unpaired) electrons. The number of benzene rings is 1. The fraction of sp³-hybridized carbons (Fsp3) is 0.538. The first-order chi connectivity index (χ1) is 8.97. The second-order valence-corrected chi connectivity index (χ2v) is 6.48. The fourth-order valence-electron chi connectivity index (χ4n) is 2.27. The topological polar surface area (TPSA) is 81.4 Å². The van der Waals surface area contributed by atoms with Crippen LogP contribution in [0.2, 0.25) is 0 Å². The Labute approximate surface area is 114 Å². The van der Waals surface area contributed by atoms with Crippen molar-refractivity contribution >= 4 is 10.0 Å². The van der Waals surface area contributed by atoms with Crippen molar-refractivity contribution in [3.8, 4) is 0 Å². The maximum absolute atomic E-state index is 11.2. The standard InChI is InChI=1S/C13H20N2O3S/c1-10(15-12-3-2-8-18-9-12)11-4-6-13(7-5-11)19(14,16)17/h4-7,10,12,15H,2-3,8-9H2,1H3,(H2,14,16,17). The van der Waals surface area contributed by atoms with Gasteiger partial charge in [0.1, 0.15) is 0 Å². The molecule has 2 rings (SSSR count). The first-order valence-corrected chi connectivity index (χ1v) is 7.98. The molecule has 0 bridgehead atoms. The van der Waals surface area contributed by atoms with Crippen molar-refractivity contribution in [3.05, 3.63) is 29.8 Å². The lowest BCUT2D eigenvalue weighted by Crippen LogP contribution is -2.38. The zero-order valence-corrected chi connectivity index (χ0v) is 11.8. The van der Waals surface area contributed by atoms with Crippen molar-refractivity contribution < 1.29 is 13.2 Å². The molecular weight excluding hydrogens is 264 g/mol. The van der Waals surface area contributed by atoms with Crippen LogP contribution in [0.1, 0.15) is 31.4 Å². The monoisotopic (exact) mass is 284 g/mol. The second kappa shape index (κ2) is 6.00. The van der Waals surface area contributed by atoms with Gasteiger partial charge in [0.15, 0.2) is 0 Å². The summed E-state index contributed by atoms with van der Waals surface area (Å²) in [6.07, 6.45) is 2.19. The molecule has 0 amide bonds. The predicted molar refractivity (Wildman–Crippen MR) is 73.2 cm³/mol. The molecule has 0 aliphatic carbocycles. The maximum Gasteiger partial charge on any atom is 0.238 e. The van der Waals surface area contributed by atoms with Crippen LogP contribution in [0.4, 0.5) is 0 Å². The number of rotatable bonds is 4. The smallest absolute Gasteiger partial charge is 0.238 e. The quantitative estimate of drug-likeness (QED) is 0.869. The van der Waals surface area contributed by atoms with E-state index in [0.29, 0.717) is 6.04 Å². The summed E-state index contributed by atoms with van der Waals surface area (Å²) in [6, 6.07) is 7.19. The molecule has 3 N–H and O–H groups in total. The molecule has 5 nitrogen and oxygen atoms in total. The highest BCUT2D eigenvalue weighted by molar-refractivity contribution is 7.89. The van der Waals surface area contributed by atoms with Gasteiger partial charge in [0, 0.05) is 18.7 Å². The first kappa shape index (κ1) is 14.5. The van der Waals surface area contributed by atoms with Crippen LogP contribution in [0.3, 0.4) is 0 Å². The summed E-state index contributed by atoms with van der Waals surface area (Å²) < 4.78 is 27.8. The minimum Gasteiger partial charge on any atom is -0.380 e. The van der Waals surface area contributed by atoms with Crippen LogP contribution in [0.15, 0.2) is 29.2 Å². The molecule has 106 valence electrons. The summed E-state index contributed by atoms with van der Waals surface area (Å²) in [5.41, 5.74) is 1.04. The summed E-state index contributed by atoms with van der Waals surface area (Å²) in [5, 5.41) is 8.56.